The Labute approximate surface area is 181 Å². The van der Waals surface area contributed by atoms with Gasteiger partial charge in [0.25, 0.3) is 0 Å². The molecule has 1 fully saturated rings. The second kappa shape index (κ2) is 14.2. The van der Waals surface area contributed by atoms with Crippen LogP contribution >= 0.6 is 12.2 Å². The lowest BCUT2D eigenvalue weighted by atomic mass is 9.96. The average Bonchev–Trinajstić information content (AvgIpc) is 3.38. The fourth-order valence-corrected chi connectivity index (χ4v) is 4.13. The van der Waals surface area contributed by atoms with E-state index in [1.807, 2.05) is 18.2 Å². The van der Waals surface area contributed by atoms with Gasteiger partial charge in [-0.15, -0.1) is 0 Å². The van der Waals surface area contributed by atoms with Crippen molar-refractivity contribution in [1.29, 1.82) is 0 Å². The van der Waals surface area contributed by atoms with Crippen LogP contribution in [0.5, 0.6) is 0 Å². The highest BCUT2D eigenvalue weighted by molar-refractivity contribution is 7.80. The number of carbonyl (C=O) groups excluding carboxylic acids is 1. The zero-order valence-electron chi connectivity index (χ0n) is 17.5. The van der Waals surface area contributed by atoms with Crippen molar-refractivity contribution >= 4 is 34.2 Å². The molecule has 29 heavy (non-hydrogen) atoms. The highest BCUT2D eigenvalue weighted by atomic mass is 32.2. The molecule has 0 radical (unpaired) electrons. The Hall–Kier alpha value is -1.80. The number of nitrogens with one attached hydrogen (secondary N) is 2. The summed E-state index contributed by atoms with van der Waals surface area (Å²) in [5, 5.41) is 5.13. The van der Waals surface area contributed by atoms with Crippen LogP contribution in [0.2, 0.25) is 0 Å². The van der Waals surface area contributed by atoms with Gasteiger partial charge in [-0.2, -0.15) is 12.8 Å². The Balaban J connectivity index is 0.000000516. The third-order valence-electron chi connectivity index (χ3n) is 5.22. The first kappa shape index (κ1) is 25.2. The van der Waals surface area contributed by atoms with E-state index < -0.39 is 10.5 Å². The van der Waals surface area contributed by atoms with Crippen LogP contribution in [-0.2, 0) is 15.3 Å². The first-order valence-electron chi connectivity index (χ1n) is 10.2. The summed E-state index contributed by atoms with van der Waals surface area (Å²) < 4.78 is 25.7. The second-order valence-corrected chi connectivity index (χ2v) is 8.49. The van der Waals surface area contributed by atoms with Gasteiger partial charge in [0.2, 0.25) is 6.41 Å². The van der Waals surface area contributed by atoms with Gasteiger partial charge in [0.15, 0.2) is 5.11 Å². The predicted molar refractivity (Wildman–Crippen MR) is 121 cm³/mol. The predicted octanol–water partition coefficient (Wildman–Crippen LogP) is 4.06. The van der Waals surface area contributed by atoms with Gasteiger partial charge in [-0.3, -0.25) is 4.79 Å². The van der Waals surface area contributed by atoms with Crippen molar-refractivity contribution in [3.05, 3.63) is 35.9 Å². The van der Waals surface area contributed by atoms with Crippen LogP contribution in [-0.4, -0.2) is 33.0 Å². The molecule has 1 aliphatic rings. The van der Waals surface area contributed by atoms with E-state index in [4.69, 9.17) is 0 Å². The molecular weight excluding hydrogens is 406 g/mol. The molecule has 4 unspecified atom stereocenters. The maximum Gasteiger partial charge on any atom is 0.311 e. The van der Waals surface area contributed by atoms with Gasteiger partial charge >= 0.3 is 10.5 Å². The quantitative estimate of drug-likeness (QED) is 0.424. The third-order valence-corrected chi connectivity index (χ3v) is 5.96. The summed E-state index contributed by atoms with van der Waals surface area (Å²) in [6.45, 7) is 4.56. The first-order chi connectivity index (χ1) is 13.9. The smallest absolute Gasteiger partial charge is 0.311 e. The number of thiocarbonyl (C=S) groups is 1. The van der Waals surface area contributed by atoms with E-state index in [1.165, 1.54) is 37.7 Å². The van der Waals surface area contributed by atoms with Crippen molar-refractivity contribution in [2.45, 2.75) is 64.3 Å². The van der Waals surface area contributed by atoms with E-state index in [1.54, 1.807) is 7.05 Å². The van der Waals surface area contributed by atoms with Crippen LogP contribution in [0.25, 0.3) is 0 Å². The van der Waals surface area contributed by atoms with Gasteiger partial charge in [-0.1, -0.05) is 76.3 Å². The highest BCUT2D eigenvalue weighted by Gasteiger charge is 2.51. The van der Waals surface area contributed by atoms with Crippen molar-refractivity contribution in [3.63, 3.8) is 0 Å². The summed E-state index contributed by atoms with van der Waals surface area (Å²) in [4.78, 5) is 9.54. The molecule has 1 saturated carbocycles. The Kier molecular flexibility index (Phi) is 12.4. The Bertz CT molecular complexity index is 746. The number of carbonyl (C=O) groups is 1. The monoisotopic (exact) mass is 439 g/mol. The Morgan fingerprint density at radius 2 is 1.90 bits per heavy atom. The maximum atomic E-state index is 10.9. The number of nitrogens with zero attached hydrogens (tertiary/aromatic N) is 1. The molecule has 0 aromatic heterocycles. The minimum absolute atomic E-state index is 0.0355. The summed E-state index contributed by atoms with van der Waals surface area (Å²) in [7, 11) is -0.654. The first-order valence-corrected chi connectivity index (χ1v) is 11.7. The summed E-state index contributed by atoms with van der Waals surface area (Å²) in [5.41, 5.74) is 1.23. The van der Waals surface area contributed by atoms with E-state index in [2.05, 4.69) is 53.2 Å². The number of rotatable bonds is 10. The molecule has 8 heteroatoms. The second-order valence-electron chi connectivity index (χ2n) is 7.43. The SMILES string of the molecule is CCCCC(C)CCCC1C(N=S(=O)=O)C1c1ccccc1.CNC(=S)NC=O. The number of benzene rings is 1. The number of amides is 1. The van der Waals surface area contributed by atoms with Gasteiger partial charge in [0.1, 0.15) is 0 Å². The average molecular weight is 440 g/mol. The molecule has 2 N–H and O–H groups in total. The maximum absolute atomic E-state index is 10.9. The van der Waals surface area contributed by atoms with Gasteiger partial charge < -0.3 is 10.6 Å². The van der Waals surface area contributed by atoms with E-state index in [9.17, 15) is 13.2 Å². The molecule has 2 rings (SSSR count). The zero-order valence-corrected chi connectivity index (χ0v) is 19.1. The zero-order chi connectivity index (χ0) is 21.6. The van der Waals surface area contributed by atoms with Crippen molar-refractivity contribution in [1.82, 2.24) is 10.6 Å². The van der Waals surface area contributed by atoms with E-state index in [0.717, 1.165) is 12.3 Å². The minimum atomic E-state index is -2.29. The molecule has 1 aromatic rings. The topological polar surface area (TPSA) is 87.6 Å². The van der Waals surface area contributed by atoms with Crippen LogP contribution < -0.4 is 10.6 Å². The molecule has 0 bridgehead atoms. The van der Waals surface area contributed by atoms with Crippen LogP contribution in [0.15, 0.2) is 34.7 Å². The molecular formula is C21H33N3O3S2. The molecule has 1 aromatic carbocycles. The van der Waals surface area contributed by atoms with Crippen LogP contribution in [0.4, 0.5) is 0 Å². The number of hydrogen-bond acceptors (Lipinski definition) is 5. The molecule has 6 nitrogen and oxygen atoms in total. The van der Waals surface area contributed by atoms with Gasteiger partial charge in [-0.05, 0) is 36.0 Å². The molecule has 1 amide bonds. The molecule has 0 aliphatic heterocycles. The molecule has 1 aliphatic carbocycles. The fraction of sp³-hybridized carbons (Fsp3) is 0.619. The molecule has 0 heterocycles. The van der Waals surface area contributed by atoms with Gasteiger partial charge in [0, 0.05) is 13.0 Å². The van der Waals surface area contributed by atoms with Crippen molar-refractivity contribution < 1.29 is 13.2 Å². The lowest BCUT2D eigenvalue weighted by Crippen LogP contribution is -2.30. The van der Waals surface area contributed by atoms with E-state index >= 15 is 0 Å². The lowest BCUT2D eigenvalue weighted by Gasteiger charge is -2.09. The Morgan fingerprint density at radius 1 is 1.24 bits per heavy atom. The van der Waals surface area contributed by atoms with Crippen molar-refractivity contribution in [2.24, 2.45) is 16.2 Å². The standard InChI is InChI=1S/C18H27NO2S.C3H6N2OS/c1-3-4-9-14(2)10-8-13-16-17(18(16)19-22(20)21)15-11-6-5-7-12-15;1-4-3(7)5-2-6/h5-7,11-12,14,16-18H,3-4,8-10,13H2,1-2H3;2H,1H3,(H2,4,5,6,7). The summed E-state index contributed by atoms with van der Waals surface area (Å²) >= 11 is 4.50. The molecule has 0 saturated heterocycles. The minimum Gasteiger partial charge on any atom is -0.365 e. The van der Waals surface area contributed by atoms with E-state index in [-0.39, 0.29) is 6.04 Å². The van der Waals surface area contributed by atoms with Crippen LogP contribution in [0.1, 0.15) is 63.9 Å². The highest BCUT2D eigenvalue weighted by Crippen LogP contribution is 2.52. The lowest BCUT2D eigenvalue weighted by molar-refractivity contribution is -0.108. The normalized spacial score (nSPS) is 20.4. The van der Waals surface area contributed by atoms with Crippen LogP contribution in [0, 0.1) is 11.8 Å². The van der Waals surface area contributed by atoms with Crippen molar-refractivity contribution in [2.75, 3.05) is 7.05 Å². The fourth-order valence-electron chi connectivity index (χ4n) is 3.59. The Morgan fingerprint density at radius 3 is 2.41 bits per heavy atom. The summed E-state index contributed by atoms with van der Waals surface area (Å²) in [6, 6.07) is 10.2. The van der Waals surface area contributed by atoms with E-state index in [0.29, 0.717) is 23.4 Å². The van der Waals surface area contributed by atoms with Gasteiger partial charge in [0.05, 0.1) is 6.04 Å². The summed E-state index contributed by atoms with van der Waals surface area (Å²) in [6.07, 6.45) is 7.91. The molecule has 162 valence electrons. The van der Waals surface area contributed by atoms with Crippen molar-refractivity contribution in [3.8, 4) is 0 Å². The number of hydrogen-bond donors (Lipinski definition) is 2. The van der Waals surface area contributed by atoms with Crippen LogP contribution in [0.3, 0.4) is 0 Å². The largest absolute Gasteiger partial charge is 0.365 e. The van der Waals surface area contributed by atoms with Gasteiger partial charge in [-0.25, -0.2) is 0 Å². The summed E-state index contributed by atoms with van der Waals surface area (Å²) in [5.74, 6) is 1.47. The molecule has 0 spiro atoms. The molecule has 4 atom stereocenters. The third kappa shape index (κ3) is 9.99. The number of unbranched alkanes of at least 4 members (excludes halogenated alkanes) is 1.